The van der Waals surface area contributed by atoms with Gasteiger partial charge in [-0.2, -0.15) is 0 Å². The molecule has 2 atom stereocenters. The zero-order chi connectivity index (χ0) is 50.7. The molecular formula is C72H49F2N. The van der Waals surface area contributed by atoms with Crippen LogP contribution in [0.2, 0.25) is 0 Å². The van der Waals surface area contributed by atoms with Crippen LogP contribution in [0.3, 0.4) is 0 Å². The lowest BCUT2D eigenvalue weighted by atomic mass is 9.67. The van der Waals surface area contributed by atoms with E-state index in [1.807, 2.05) is 42.5 Å². The third kappa shape index (κ3) is 7.11. The van der Waals surface area contributed by atoms with Crippen LogP contribution in [0.5, 0.6) is 0 Å². The maximum Gasteiger partial charge on any atom is 0.127 e. The number of nitrogens with zero attached hydrogens (tertiary/aromatic N) is 1. The molecule has 13 rings (SSSR count). The van der Waals surface area contributed by atoms with Crippen molar-refractivity contribution in [3.8, 4) is 44.5 Å². The minimum Gasteiger partial charge on any atom is -0.310 e. The van der Waals surface area contributed by atoms with Crippen molar-refractivity contribution in [3.05, 3.63) is 341 Å². The predicted octanol–water partition coefficient (Wildman–Crippen LogP) is 18.8. The van der Waals surface area contributed by atoms with Crippen LogP contribution in [0, 0.1) is 11.6 Å². The highest BCUT2D eigenvalue weighted by atomic mass is 19.1. The molecule has 3 heteroatoms. The van der Waals surface area contributed by atoms with E-state index in [0.29, 0.717) is 11.1 Å². The zero-order valence-electron chi connectivity index (χ0n) is 41.1. The molecular weight excluding hydrogens is 917 g/mol. The summed E-state index contributed by atoms with van der Waals surface area (Å²) in [7, 11) is 0. The number of hydrogen-bond donors (Lipinski definition) is 0. The van der Waals surface area contributed by atoms with Gasteiger partial charge in [-0.3, -0.25) is 0 Å². The fourth-order valence-corrected chi connectivity index (χ4v) is 12.4. The average Bonchev–Trinajstić information content (AvgIpc) is 3.93. The van der Waals surface area contributed by atoms with Crippen LogP contribution in [0.25, 0.3) is 56.7 Å². The number of rotatable bonds is 11. The van der Waals surface area contributed by atoms with Crippen molar-refractivity contribution in [1.29, 1.82) is 0 Å². The van der Waals surface area contributed by atoms with Crippen LogP contribution >= 0.6 is 0 Å². The predicted molar refractivity (Wildman–Crippen MR) is 307 cm³/mol. The molecule has 0 fully saturated rings. The molecule has 356 valence electrons. The van der Waals surface area contributed by atoms with Crippen LogP contribution in [0.1, 0.15) is 55.6 Å². The molecule has 0 saturated heterocycles. The summed E-state index contributed by atoms with van der Waals surface area (Å²) in [5.41, 5.74) is 18.2. The third-order valence-corrected chi connectivity index (χ3v) is 15.7. The molecule has 0 heterocycles. The minimum absolute atomic E-state index is 0.286. The van der Waals surface area contributed by atoms with Crippen molar-refractivity contribution in [2.75, 3.05) is 4.90 Å². The molecule has 0 spiro atoms. The van der Waals surface area contributed by atoms with Crippen LogP contribution in [0.4, 0.5) is 25.8 Å². The van der Waals surface area contributed by atoms with E-state index in [9.17, 15) is 0 Å². The molecule has 2 aliphatic carbocycles. The van der Waals surface area contributed by atoms with Crippen molar-refractivity contribution in [2.45, 2.75) is 10.8 Å². The lowest BCUT2D eigenvalue weighted by Crippen LogP contribution is -2.30. The summed E-state index contributed by atoms with van der Waals surface area (Å²) in [6.45, 7) is 8.09. The van der Waals surface area contributed by atoms with E-state index in [4.69, 9.17) is 0 Å². The standard InChI is InChI=1S/C72H49F2N/c1-3-48-29-35-54(36-30-48)71(65-25-12-14-27-69(65)73)63-23-10-8-21-59(63)61-43-41-57(46-67(61)71)75(56-39-33-51(34-40-56)53-20-16-19-52(45-53)50-17-6-5-7-18-50)58-42-44-62-60-22-9-11-24-64(60)72(68(62)47-58,66-26-13-15-28-70(66)74)55-37-31-49(4-2)32-38-55/h3-47H,1-2H2. The Morgan fingerprint density at radius 2 is 0.667 bits per heavy atom. The van der Waals surface area contributed by atoms with E-state index >= 15 is 8.78 Å². The Balaban J connectivity index is 1.07. The lowest BCUT2D eigenvalue weighted by molar-refractivity contribution is 0.584. The highest BCUT2D eigenvalue weighted by Gasteiger charge is 2.49. The topological polar surface area (TPSA) is 3.24 Å². The maximum atomic E-state index is 17.0. The fraction of sp³-hybridized carbons (Fsp3) is 0.0278. The van der Waals surface area contributed by atoms with E-state index in [1.54, 1.807) is 24.3 Å². The zero-order valence-corrected chi connectivity index (χ0v) is 41.1. The molecule has 0 N–H and O–H groups in total. The molecule has 11 aromatic rings. The molecule has 0 aromatic heterocycles. The first-order chi connectivity index (χ1) is 36.9. The Labute approximate surface area is 437 Å². The van der Waals surface area contributed by atoms with Crippen molar-refractivity contribution in [1.82, 2.24) is 0 Å². The molecule has 0 bridgehead atoms. The van der Waals surface area contributed by atoms with Gasteiger partial charge in [0.15, 0.2) is 0 Å². The first-order valence-corrected chi connectivity index (χ1v) is 25.4. The molecule has 0 amide bonds. The second-order valence-corrected chi connectivity index (χ2v) is 19.5. The van der Waals surface area contributed by atoms with Crippen molar-refractivity contribution in [2.24, 2.45) is 0 Å². The monoisotopic (exact) mass is 965 g/mol. The van der Waals surface area contributed by atoms with Gasteiger partial charge in [-0.25, -0.2) is 8.78 Å². The van der Waals surface area contributed by atoms with Crippen LogP contribution in [0.15, 0.2) is 274 Å². The van der Waals surface area contributed by atoms with Crippen molar-refractivity contribution < 1.29 is 8.78 Å². The van der Waals surface area contributed by atoms with E-state index in [1.165, 1.54) is 0 Å². The van der Waals surface area contributed by atoms with Gasteiger partial charge in [0, 0.05) is 28.2 Å². The molecule has 0 saturated carbocycles. The summed E-state index contributed by atoms with van der Waals surface area (Å²) in [6.07, 6.45) is 3.67. The van der Waals surface area contributed by atoms with Crippen LogP contribution in [-0.2, 0) is 10.8 Å². The Morgan fingerprint density at radius 3 is 1.12 bits per heavy atom. The number of anilines is 3. The van der Waals surface area contributed by atoms with Gasteiger partial charge in [-0.15, -0.1) is 0 Å². The van der Waals surface area contributed by atoms with Crippen molar-refractivity contribution >= 4 is 29.2 Å². The van der Waals surface area contributed by atoms with Gasteiger partial charge >= 0.3 is 0 Å². The molecule has 11 aromatic carbocycles. The van der Waals surface area contributed by atoms with Gasteiger partial charge in [0.05, 0.1) is 10.8 Å². The fourth-order valence-electron chi connectivity index (χ4n) is 12.4. The largest absolute Gasteiger partial charge is 0.310 e. The summed E-state index contributed by atoms with van der Waals surface area (Å²) in [5.74, 6) is -0.572. The van der Waals surface area contributed by atoms with Gasteiger partial charge in [0.1, 0.15) is 11.6 Å². The second kappa shape index (κ2) is 18.2. The van der Waals surface area contributed by atoms with Gasteiger partial charge in [-0.05, 0) is 144 Å². The van der Waals surface area contributed by atoms with E-state index < -0.39 is 10.8 Å². The Bertz CT molecular complexity index is 3810. The molecule has 1 nitrogen and oxygen atoms in total. The first-order valence-electron chi connectivity index (χ1n) is 25.4. The highest BCUT2D eigenvalue weighted by molar-refractivity contribution is 5.93. The summed E-state index contributed by atoms with van der Waals surface area (Å²) >= 11 is 0. The third-order valence-electron chi connectivity index (χ3n) is 15.7. The van der Waals surface area contributed by atoms with Crippen LogP contribution < -0.4 is 4.90 Å². The lowest BCUT2D eigenvalue weighted by Gasteiger charge is -2.36. The summed E-state index contributed by atoms with van der Waals surface area (Å²) < 4.78 is 34.0. The van der Waals surface area contributed by atoms with E-state index in [-0.39, 0.29) is 11.6 Å². The number of hydrogen-bond acceptors (Lipinski definition) is 1. The smallest absolute Gasteiger partial charge is 0.127 e. The van der Waals surface area contributed by atoms with Crippen LogP contribution in [-0.4, -0.2) is 0 Å². The first kappa shape index (κ1) is 45.4. The minimum atomic E-state index is -1.02. The highest BCUT2D eigenvalue weighted by Crippen LogP contribution is 2.60. The average molecular weight is 966 g/mol. The molecule has 2 unspecified atom stereocenters. The number of fused-ring (bicyclic) bond motifs is 6. The molecule has 75 heavy (non-hydrogen) atoms. The number of halogens is 2. The molecule has 0 radical (unpaired) electrons. The SMILES string of the molecule is C=Cc1ccc(C2(c3ccccc3F)c3ccccc3-c3ccc(N(c4ccc(-c5cccc(-c6ccccc6)c5)cc4)c4ccc5c(c4)C(c4ccc(C=C)cc4)(c4ccccc4F)c4ccccc4-5)cc32)cc1. The summed E-state index contributed by atoms with van der Waals surface area (Å²) in [6, 6.07) is 89.1. The molecule has 2 aliphatic rings. The van der Waals surface area contributed by atoms with E-state index in [0.717, 1.165) is 106 Å². The number of benzene rings is 11. The van der Waals surface area contributed by atoms with Crippen molar-refractivity contribution in [3.63, 3.8) is 0 Å². The maximum absolute atomic E-state index is 17.0. The molecule has 0 aliphatic heterocycles. The van der Waals surface area contributed by atoms with Gasteiger partial charge < -0.3 is 4.90 Å². The van der Waals surface area contributed by atoms with Gasteiger partial charge in [0.2, 0.25) is 0 Å². The van der Waals surface area contributed by atoms with Gasteiger partial charge in [-0.1, -0.05) is 232 Å². The van der Waals surface area contributed by atoms with E-state index in [2.05, 4.69) is 224 Å². The summed E-state index contributed by atoms with van der Waals surface area (Å²) in [5, 5.41) is 0. The second-order valence-electron chi connectivity index (χ2n) is 19.5. The normalized spacial score (nSPS) is 15.8. The quantitative estimate of drug-likeness (QED) is 0.125. The summed E-state index contributed by atoms with van der Waals surface area (Å²) in [4.78, 5) is 2.30. The van der Waals surface area contributed by atoms with Gasteiger partial charge in [0.25, 0.3) is 0 Å². The Morgan fingerprint density at radius 1 is 0.293 bits per heavy atom. The Kier molecular flexibility index (Phi) is 11.1. The Hall–Kier alpha value is -9.44.